The van der Waals surface area contributed by atoms with Crippen molar-refractivity contribution in [3.8, 4) is 0 Å². The van der Waals surface area contributed by atoms with Gasteiger partial charge in [0, 0.05) is 12.1 Å². The first-order chi connectivity index (χ1) is 6.99. The fourth-order valence-electron chi connectivity index (χ4n) is 1.34. The standard InChI is InChI=1S/C11H25N3O/c1-4-7-9(12)10(15)14-8-11(13,5-2)6-3/h9H,4-8,12-13H2,1-3H3,(H,14,15). The molecule has 0 rings (SSSR count). The van der Waals surface area contributed by atoms with Crippen molar-refractivity contribution in [1.82, 2.24) is 5.32 Å². The molecule has 0 aromatic heterocycles. The van der Waals surface area contributed by atoms with Crippen LogP contribution in [-0.2, 0) is 4.79 Å². The van der Waals surface area contributed by atoms with Crippen molar-refractivity contribution in [2.75, 3.05) is 6.54 Å². The normalized spacial score (nSPS) is 13.7. The molecule has 0 heterocycles. The third-order valence-corrected chi connectivity index (χ3v) is 2.96. The monoisotopic (exact) mass is 215 g/mol. The second kappa shape index (κ2) is 6.80. The maximum atomic E-state index is 11.5. The predicted octanol–water partition coefficient (Wildman–Crippen LogP) is 0.748. The van der Waals surface area contributed by atoms with Crippen molar-refractivity contribution < 1.29 is 4.79 Å². The van der Waals surface area contributed by atoms with Gasteiger partial charge in [-0.25, -0.2) is 0 Å². The van der Waals surface area contributed by atoms with E-state index in [0.29, 0.717) is 6.54 Å². The van der Waals surface area contributed by atoms with Gasteiger partial charge in [-0.05, 0) is 19.3 Å². The van der Waals surface area contributed by atoms with Gasteiger partial charge in [0.2, 0.25) is 5.91 Å². The first-order valence-corrected chi connectivity index (χ1v) is 5.81. The highest BCUT2D eigenvalue weighted by molar-refractivity contribution is 5.81. The maximum absolute atomic E-state index is 11.5. The minimum absolute atomic E-state index is 0.0893. The smallest absolute Gasteiger partial charge is 0.236 e. The second-order valence-electron chi connectivity index (χ2n) is 4.18. The summed E-state index contributed by atoms with van der Waals surface area (Å²) in [6.45, 7) is 6.58. The molecule has 4 nitrogen and oxygen atoms in total. The first kappa shape index (κ1) is 14.4. The molecule has 0 radical (unpaired) electrons. The lowest BCUT2D eigenvalue weighted by Crippen LogP contribution is -2.52. The van der Waals surface area contributed by atoms with Gasteiger partial charge in [-0.2, -0.15) is 0 Å². The van der Waals surface area contributed by atoms with Crippen LogP contribution < -0.4 is 16.8 Å². The Kier molecular flexibility index (Phi) is 6.52. The van der Waals surface area contributed by atoms with Crippen LogP contribution in [-0.4, -0.2) is 24.0 Å². The largest absolute Gasteiger partial charge is 0.353 e. The molecule has 4 heteroatoms. The highest BCUT2D eigenvalue weighted by Crippen LogP contribution is 2.09. The predicted molar refractivity (Wildman–Crippen MR) is 63.4 cm³/mol. The summed E-state index contributed by atoms with van der Waals surface area (Å²) in [5.41, 5.74) is 11.5. The Bertz CT molecular complexity index is 190. The minimum Gasteiger partial charge on any atom is -0.353 e. The average Bonchev–Trinajstić information content (AvgIpc) is 2.25. The first-order valence-electron chi connectivity index (χ1n) is 5.81. The number of nitrogens with two attached hydrogens (primary N) is 2. The summed E-state index contributed by atoms with van der Waals surface area (Å²) in [6, 6.07) is -0.395. The summed E-state index contributed by atoms with van der Waals surface area (Å²) < 4.78 is 0. The average molecular weight is 215 g/mol. The molecular formula is C11H25N3O. The molecule has 0 bridgehead atoms. The number of carbonyl (C=O) groups is 1. The van der Waals surface area contributed by atoms with E-state index in [-0.39, 0.29) is 11.4 Å². The molecule has 0 saturated heterocycles. The van der Waals surface area contributed by atoms with Crippen LogP contribution in [0.4, 0.5) is 0 Å². The molecule has 1 amide bonds. The van der Waals surface area contributed by atoms with Crippen LogP contribution in [0.5, 0.6) is 0 Å². The number of carbonyl (C=O) groups excluding carboxylic acids is 1. The fraction of sp³-hybridized carbons (Fsp3) is 0.909. The zero-order valence-corrected chi connectivity index (χ0v) is 10.2. The molecule has 0 aliphatic rings. The van der Waals surface area contributed by atoms with Gasteiger partial charge in [0.05, 0.1) is 6.04 Å². The fourth-order valence-corrected chi connectivity index (χ4v) is 1.34. The quantitative estimate of drug-likeness (QED) is 0.586. The van der Waals surface area contributed by atoms with Crippen LogP contribution in [0.3, 0.4) is 0 Å². The van der Waals surface area contributed by atoms with Gasteiger partial charge in [-0.15, -0.1) is 0 Å². The molecule has 1 unspecified atom stereocenters. The number of amides is 1. The van der Waals surface area contributed by atoms with Gasteiger partial charge < -0.3 is 16.8 Å². The van der Waals surface area contributed by atoms with Crippen LogP contribution in [0, 0.1) is 0 Å². The van der Waals surface area contributed by atoms with Crippen LogP contribution in [0.15, 0.2) is 0 Å². The number of nitrogens with one attached hydrogen (secondary N) is 1. The third kappa shape index (κ3) is 5.14. The number of hydrogen-bond donors (Lipinski definition) is 3. The maximum Gasteiger partial charge on any atom is 0.236 e. The van der Waals surface area contributed by atoms with E-state index in [2.05, 4.69) is 5.32 Å². The molecule has 0 aromatic rings. The van der Waals surface area contributed by atoms with Crippen LogP contribution in [0.1, 0.15) is 46.5 Å². The van der Waals surface area contributed by atoms with Gasteiger partial charge in [0.1, 0.15) is 0 Å². The summed E-state index contributed by atoms with van der Waals surface area (Å²) in [6.07, 6.45) is 3.35. The van der Waals surface area contributed by atoms with Gasteiger partial charge in [-0.3, -0.25) is 4.79 Å². The molecule has 0 aliphatic carbocycles. The zero-order valence-electron chi connectivity index (χ0n) is 10.2. The molecule has 0 aromatic carbocycles. The van der Waals surface area contributed by atoms with Gasteiger partial charge in [0.15, 0.2) is 0 Å². The van der Waals surface area contributed by atoms with Crippen molar-refractivity contribution >= 4 is 5.91 Å². The van der Waals surface area contributed by atoms with Crippen molar-refractivity contribution in [1.29, 1.82) is 0 Å². The van der Waals surface area contributed by atoms with E-state index < -0.39 is 6.04 Å². The Morgan fingerprint density at radius 1 is 1.33 bits per heavy atom. The molecule has 5 N–H and O–H groups in total. The van der Waals surface area contributed by atoms with Gasteiger partial charge in [0.25, 0.3) is 0 Å². The molecular weight excluding hydrogens is 190 g/mol. The zero-order chi connectivity index (χ0) is 11.9. The van der Waals surface area contributed by atoms with E-state index in [0.717, 1.165) is 25.7 Å². The number of rotatable bonds is 7. The van der Waals surface area contributed by atoms with Crippen LogP contribution in [0.25, 0.3) is 0 Å². The third-order valence-electron chi connectivity index (χ3n) is 2.96. The van der Waals surface area contributed by atoms with E-state index in [4.69, 9.17) is 11.5 Å². The highest BCUT2D eigenvalue weighted by Gasteiger charge is 2.22. The van der Waals surface area contributed by atoms with E-state index in [9.17, 15) is 4.79 Å². The molecule has 0 fully saturated rings. The second-order valence-corrected chi connectivity index (χ2v) is 4.18. The van der Waals surface area contributed by atoms with Gasteiger partial charge in [-0.1, -0.05) is 27.2 Å². The lowest BCUT2D eigenvalue weighted by molar-refractivity contribution is -0.122. The van der Waals surface area contributed by atoms with Crippen LogP contribution in [0.2, 0.25) is 0 Å². The molecule has 90 valence electrons. The Morgan fingerprint density at radius 2 is 1.87 bits per heavy atom. The summed E-state index contributed by atoms with van der Waals surface area (Å²) in [5, 5.41) is 2.82. The minimum atomic E-state index is -0.395. The summed E-state index contributed by atoms with van der Waals surface area (Å²) in [5.74, 6) is -0.0893. The molecule has 1 atom stereocenters. The Labute approximate surface area is 92.8 Å². The molecule has 0 saturated carbocycles. The van der Waals surface area contributed by atoms with Gasteiger partial charge >= 0.3 is 0 Å². The van der Waals surface area contributed by atoms with E-state index in [1.165, 1.54) is 0 Å². The summed E-state index contributed by atoms with van der Waals surface area (Å²) in [7, 11) is 0. The Balaban J connectivity index is 3.98. The summed E-state index contributed by atoms with van der Waals surface area (Å²) in [4.78, 5) is 11.5. The Morgan fingerprint density at radius 3 is 2.27 bits per heavy atom. The van der Waals surface area contributed by atoms with Crippen molar-refractivity contribution in [3.63, 3.8) is 0 Å². The topological polar surface area (TPSA) is 81.1 Å². The molecule has 0 spiro atoms. The SMILES string of the molecule is CCCC(N)C(=O)NCC(N)(CC)CC. The van der Waals surface area contributed by atoms with E-state index in [1.54, 1.807) is 0 Å². The molecule has 0 aliphatic heterocycles. The Hall–Kier alpha value is -0.610. The summed E-state index contributed by atoms with van der Waals surface area (Å²) >= 11 is 0. The van der Waals surface area contributed by atoms with E-state index in [1.807, 2.05) is 20.8 Å². The highest BCUT2D eigenvalue weighted by atomic mass is 16.2. The van der Waals surface area contributed by atoms with Crippen molar-refractivity contribution in [3.05, 3.63) is 0 Å². The van der Waals surface area contributed by atoms with Crippen LogP contribution >= 0.6 is 0 Å². The number of hydrogen-bond acceptors (Lipinski definition) is 3. The van der Waals surface area contributed by atoms with Crippen molar-refractivity contribution in [2.45, 2.75) is 58.0 Å². The molecule has 15 heavy (non-hydrogen) atoms. The van der Waals surface area contributed by atoms with E-state index >= 15 is 0 Å². The lowest BCUT2D eigenvalue weighted by atomic mass is 9.94. The van der Waals surface area contributed by atoms with Crippen molar-refractivity contribution in [2.24, 2.45) is 11.5 Å². The lowest BCUT2D eigenvalue weighted by Gasteiger charge is -2.27.